The Labute approximate surface area is 179 Å². The van der Waals surface area contributed by atoms with Crippen LogP contribution in [0.3, 0.4) is 0 Å². The number of carboxylic acid groups (broad SMARTS) is 1. The summed E-state index contributed by atoms with van der Waals surface area (Å²) in [5, 5.41) is 8.36. The minimum absolute atomic E-state index is 0.574. The summed E-state index contributed by atoms with van der Waals surface area (Å²) in [4.78, 5) is 10.6. The molecule has 0 aromatic heterocycles. The first-order valence-electron chi connectivity index (χ1n) is 7.92. The molecule has 21 heteroatoms. The van der Waals surface area contributed by atoms with Crippen LogP contribution in [0, 0.1) is 0 Å². The summed E-state index contributed by atoms with van der Waals surface area (Å²) in [5.74, 6) is -71.5. The van der Waals surface area contributed by atoms with Crippen LogP contribution in [0.15, 0.2) is 11.6 Å². The molecule has 0 aliphatic carbocycles. The number of hydrogen-bond acceptors (Lipinski definition) is 1. The van der Waals surface area contributed by atoms with Crippen LogP contribution in [-0.4, -0.2) is 64.6 Å². The van der Waals surface area contributed by atoms with E-state index in [1.807, 2.05) is 0 Å². The predicted molar refractivity (Wildman–Crippen MR) is 71.6 cm³/mol. The zero-order valence-corrected chi connectivity index (χ0v) is 15.8. The third-order valence-electron chi connectivity index (χ3n) is 4.09. The maximum atomic E-state index is 13.7. The van der Waals surface area contributed by atoms with Crippen molar-refractivity contribution < 1.29 is 93.3 Å². The second-order valence-corrected chi connectivity index (χ2v) is 6.42. The van der Waals surface area contributed by atoms with Crippen LogP contribution in [0.1, 0.15) is 13.3 Å². The van der Waals surface area contributed by atoms with Gasteiger partial charge in [-0.1, -0.05) is 13.0 Å². The van der Waals surface area contributed by atoms with Gasteiger partial charge in [-0.15, -0.1) is 0 Å². The Balaban J connectivity index is 7.14. The van der Waals surface area contributed by atoms with Gasteiger partial charge in [0.15, 0.2) is 0 Å². The average Bonchev–Trinajstić information content (AvgIpc) is 2.63. The largest absolute Gasteiger partial charge is 0.478 e. The summed E-state index contributed by atoms with van der Waals surface area (Å²) in [6, 6.07) is 0. The van der Waals surface area contributed by atoms with Gasteiger partial charge in [0, 0.05) is 0 Å². The first-order valence-corrected chi connectivity index (χ1v) is 7.92. The van der Waals surface area contributed by atoms with E-state index in [-0.39, 0.29) is 0 Å². The lowest BCUT2D eigenvalue weighted by Gasteiger charge is -2.43. The van der Waals surface area contributed by atoms with Crippen molar-refractivity contribution in [3.05, 3.63) is 11.6 Å². The molecule has 208 valence electrons. The molecule has 0 spiro atoms. The molecule has 0 rings (SSSR count). The third-order valence-corrected chi connectivity index (χ3v) is 4.09. The highest BCUT2D eigenvalue weighted by Crippen LogP contribution is 2.65. The number of halogens is 19. The van der Waals surface area contributed by atoms with Crippen molar-refractivity contribution in [3.63, 3.8) is 0 Å². The highest BCUT2D eigenvalue weighted by atomic mass is 19.4. The number of carboxylic acids is 1. The average molecular weight is 568 g/mol. The smallest absolute Gasteiger partial charge is 0.460 e. The summed E-state index contributed by atoms with van der Waals surface area (Å²) in [6.07, 6.45) is -9.61. The fourth-order valence-electron chi connectivity index (χ4n) is 2.08. The van der Waals surface area contributed by atoms with Crippen molar-refractivity contribution in [1.82, 2.24) is 0 Å². The maximum Gasteiger partial charge on any atom is 0.460 e. The topological polar surface area (TPSA) is 37.3 Å². The minimum atomic E-state index is -9.04. The lowest BCUT2D eigenvalue weighted by atomic mass is 9.86. The fraction of sp³-hybridized carbons (Fsp3) is 0.786. The van der Waals surface area contributed by atoms with Crippen LogP contribution < -0.4 is 0 Å². The molecule has 0 unspecified atom stereocenters. The van der Waals surface area contributed by atoms with Gasteiger partial charge >= 0.3 is 59.5 Å². The number of carbonyl (C=O) groups is 1. The van der Waals surface area contributed by atoms with E-state index in [9.17, 15) is 88.2 Å². The molecule has 0 bridgehead atoms. The molecule has 0 fully saturated rings. The Kier molecular flexibility index (Phi) is 7.96. The first kappa shape index (κ1) is 32.9. The first-order chi connectivity index (χ1) is 14.9. The molecule has 0 saturated carbocycles. The van der Waals surface area contributed by atoms with E-state index in [1.54, 1.807) is 0 Å². The molecule has 0 saturated heterocycles. The van der Waals surface area contributed by atoms with Gasteiger partial charge in [-0.05, 0) is 6.42 Å². The molecule has 0 aliphatic rings. The predicted octanol–water partition coefficient (Wildman–Crippen LogP) is 7.05. The maximum absolute atomic E-state index is 13.7. The summed E-state index contributed by atoms with van der Waals surface area (Å²) >= 11 is 0. The lowest BCUT2D eigenvalue weighted by molar-refractivity contribution is -0.467. The van der Waals surface area contributed by atoms with E-state index in [1.165, 1.54) is 0 Å². The highest BCUT2D eigenvalue weighted by molar-refractivity contribution is 5.88. The second-order valence-electron chi connectivity index (χ2n) is 6.42. The SMILES string of the molecule is CCC=C(C(=O)O)C(F)(F)C(F)(F)C(F)(F)C(F)(F)C(F)(F)C(F)(F)C(F)(F)C(F)(F)C(F)(F)F. The molecule has 35 heavy (non-hydrogen) atoms. The summed E-state index contributed by atoms with van der Waals surface area (Å²) < 4.78 is 250. The molecule has 0 radical (unpaired) electrons. The van der Waals surface area contributed by atoms with Crippen molar-refractivity contribution in [2.24, 2.45) is 0 Å². The lowest BCUT2D eigenvalue weighted by Crippen LogP contribution is -2.76. The minimum Gasteiger partial charge on any atom is -0.478 e. The van der Waals surface area contributed by atoms with Gasteiger partial charge in [-0.3, -0.25) is 0 Å². The molecule has 0 amide bonds. The van der Waals surface area contributed by atoms with E-state index in [4.69, 9.17) is 5.11 Å². The van der Waals surface area contributed by atoms with Gasteiger partial charge in [-0.2, -0.15) is 83.4 Å². The molecule has 1 N–H and O–H groups in total. The molecule has 2 nitrogen and oxygen atoms in total. The number of rotatable bonds is 10. The van der Waals surface area contributed by atoms with E-state index in [0.29, 0.717) is 6.92 Å². The van der Waals surface area contributed by atoms with Gasteiger partial charge in [0.05, 0.1) is 0 Å². The summed E-state index contributed by atoms with van der Waals surface area (Å²) in [7, 11) is 0. The number of hydrogen-bond donors (Lipinski definition) is 1. The van der Waals surface area contributed by atoms with E-state index >= 15 is 0 Å². The van der Waals surface area contributed by atoms with Gasteiger partial charge in [0.2, 0.25) is 0 Å². The molecular weight excluding hydrogens is 561 g/mol. The Morgan fingerprint density at radius 2 is 0.800 bits per heavy atom. The number of aliphatic carboxylic acids is 1. The van der Waals surface area contributed by atoms with Gasteiger partial charge in [0.25, 0.3) is 0 Å². The van der Waals surface area contributed by atoms with Crippen molar-refractivity contribution in [1.29, 1.82) is 0 Å². The van der Waals surface area contributed by atoms with Gasteiger partial charge < -0.3 is 5.11 Å². The van der Waals surface area contributed by atoms with Crippen molar-refractivity contribution in [3.8, 4) is 0 Å². The highest BCUT2D eigenvalue weighted by Gasteiger charge is 2.96. The summed E-state index contributed by atoms with van der Waals surface area (Å²) in [6.45, 7) is 0.640. The van der Waals surface area contributed by atoms with E-state index in [0.717, 1.165) is 0 Å². The summed E-state index contributed by atoms with van der Waals surface area (Å²) in [5.41, 5.74) is -3.22. The zero-order chi connectivity index (χ0) is 29.1. The normalized spacial score (nSPS) is 16.5. The Morgan fingerprint density at radius 3 is 1.03 bits per heavy atom. The zero-order valence-electron chi connectivity index (χ0n) is 15.8. The van der Waals surface area contributed by atoms with Gasteiger partial charge in [0.1, 0.15) is 5.57 Å². The standard InChI is InChI=1S/C14H7F19O2/c1-2-3-4(5(34)35)6(15,16)7(17,18)8(19,20)9(21,22)10(23,24)11(25,26)12(27,28)13(29,30)14(31,32)33/h3H,2H2,1H3,(H,34,35). The van der Waals surface area contributed by atoms with Crippen molar-refractivity contribution >= 4 is 5.97 Å². The fourth-order valence-corrected chi connectivity index (χ4v) is 2.08. The van der Waals surface area contributed by atoms with Crippen molar-refractivity contribution in [2.45, 2.75) is 66.9 Å². The molecular formula is C14H7F19O2. The van der Waals surface area contributed by atoms with Crippen LogP contribution in [-0.2, 0) is 4.79 Å². The van der Waals surface area contributed by atoms with Crippen LogP contribution in [0.25, 0.3) is 0 Å². The monoisotopic (exact) mass is 568 g/mol. The molecule has 0 heterocycles. The van der Waals surface area contributed by atoms with Crippen molar-refractivity contribution in [2.75, 3.05) is 0 Å². The molecule has 0 aromatic rings. The quantitative estimate of drug-likeness (QED) is 0.227. The third kappa shape index (κ3) is 4.14. The Morgan fingerprint density at radius 1 is 0.543 bits per heavy atom. The molecule has 0 atom stereocenters. The van der Waals surface area contributed by atoms with Gasteiger partial charge in [-0.25, -0.2) is 4.79 Å². The van der Waals surface area contributed by atoms with E-state index in [2.05, 4.69) is 0 Å². The second kappa shape index (κ2) is 8.48. The Bertz CT molecular complexity index is 835. The van der Waals surface area contributed by atoms with E-state index < -0.39 is 77.6 Å². The van der Waals surface area contributed by atoms with Crippen LogP contribution >= 0.6 is 0 Å². The Hall–Kier alpha value is -2.12. The van der Waals surface area contributed by atoms with Crippen LogP contribution in [0.4, 0.5) is 83.4 Å². The molecule has 0 aliphatic heterocycles. The van der Waals surface area contributed by atoms with Crippen LogP contribution in [0.5, 0.6) is 0 Å². The number of alkyl halides is 19. The number of allylic oxidation sites excluding steroid dienone is 1. The van der Waals surface area contributed by atoms with Crippen LogP contribution in [0.2, 0.25) is 0 Å². The molecule has 0 aromatic carbocycles.